The van der Waals surface area contributed by atoms with Gasteiger partial charge in [0.05, 0.1) is 0 Å². The summed E-state index contributed by atoms with van der Waals surface area (Å²) in [5.41, 5.74) is 3.51. The highest BCUT2D eigenvalue weighted by Crippen LogP contribution is 2.30. The Hall–Kier alpha value is -0.850. The molecule has 1 nitrogen and oxygen atoms in total. The summed E-state index contributed by atoms with van der Waals surface area (Å²) in [4.78, 5) is 11.4. The van der Waals surface area contributed by atoms with Crippen LogP contribution in [0, 0.1) is 0 Å². The van der Waals surface area contributed by atoms with Crippen molar-refractivity contribution < 1.29 is 4.79 Å². The van der Waals surface area contributed by atoms with Crippen LogP contribution in [0.3, 0.4) is 0 Å². The molecule has 1 heteroatoms. The molecule has 0 radical (unpaired) electrons. The molecular formula is C11H16O. The Morgan fingerprint density at radius 2 is 2.08 bits per heavy atom. The highest BCUT2D eigenvalue weighted by atomic mass is 16.1. The molecule has 1 aliphatic rings. The van der Waals surface area contributed by atoms with E-state index in [2.05, 4.69) is 19.9 Å². The molecule has 0 aliphatic heterocycles. The first kappa shape index (κ1) is 9.24. The summed E-state index contributed by atoms with van der Waals surface area (Å²) in [6, 6.07) is 0. The van der Waals surface area contributed by atoms with Crippen molar-refractivity contribution >= 4 is 5.78 Å². The van der Waals surface area contributed by atoms with Gasteiger partial charge in [0.15, 0.2) is 5.78 Å². The molecular weight excluding hydrogens is 148 g/mol. The molecule has 12 heavy (non-hydrogen) atoms. The average molecular weight is 164 g/mol. The Morgan fingerprint density at radius 1 is 1.42 bits per heavy atom. The third-order valence-corrected chi connectivity index (χ3v) is 2.43. The summed E-state index contributed by atoms with van der Waals surface area (Å²) in [6.45, 7) is 6.21. The van der Waals surface area contributed by atoms with Crippen LogP contribution in [-0.4, -0.2) is 5.78 Å². The van der Waals surface area contributed by atoms with Crippen molar-refractivity contribution in [2.75, 3.05) is 0 Å². The summed E-state index contributed by atoms with van der Waals surface area (Å²) in [5, 5.41) is 0. The SMILES string of the molecule is CC/C=C1/CC(=O)C(CC)=C1C. The number of rotatable bonds is 2. The first-order chi connectivity index (χ1) is 5.70. The molecule has 1 aliphatic carbocycles. The maximum atomic E-state index is 11.4. The van der Waals surface area contributed by atoms with Gasteiger partial charge in [0.2, 0.25) is 0 Å². The molecule has 66 valence electrons. The molecule has 0 unspecified atom stereocenters. The third kappa shape index (κ3) is 1.50. The lowest BCUT2D eigenvalue weighted by atomic mass is 10.1. The molecule has 0 spiro atoms. The van der Waals surface area contributed by atoms with Gasteiger partial charge < -0.3 is 0 Å². The second kappa shape index (κ2) is 3.70. The number of carbonyl (C=O) groups excluding carboxylic acids is 1. The first-order valence-electron chi connectivity index (χ1n) is 4.63. The van der Waals surface area contributed by atoms with E-state index in [0.717, 1.165) is 18.4 Å². The smallest absolute Gasteiger partial charge is 0.163 e. The van der Waals surface area contributed by atoms with Gasteiger partial charge in [0.1, 0.15) is 0 Å². The fourth-order valence-corrected chi connectivity index (χ4v) is 1.75. The Labute approximate surface area is 74.2 Å². The minimum absolute atomic E-state index is 0.328. The summed E-state index contributed by atoms with van der Waals surface area (Å²) < 4.78 is 0. The molecule has 0 aromatic heterocycles. The number of carbonyl (C=O) groups is 1. The molecule has 0 aromatic rings. The Bertz CT molecular complexity index is 256. The molecule has 0 N–H and O–H groups in total. The topological polar surface area (TPSA) is 17.1 Å². The van der Waals surface area contributed by atoms with Crippen LogP contribution in [0.25, 0.3) is 0 Å². The van der Waals surface area contributed by atoms with Gasteiger partial charge in [-0.1, -0.05) is 19.9 Å². The predicted molar refractivity (Wildman–Crippen MR) is 51.0 cm³/mol. The van der Waals surface area contributed by atoms with Gasteiger partial charge in [-0.15, -0.1) is 0 Å². The van der Waals surface area contributed by atoms with E-state index in [1.807, 2.05) is 6.92 Å². The van der Waals surface area contributed by atoms with Gasteiger partial charge in [-0.2, -0.15) is 0 Å². The lowest BCUT2D eigenvalue weighted by Crippen LogP contribution is -1.93. The van der Waals surface area contributed by atoms with Crippen molar-refractivity contribution in [3.63, 3.8) is 0 Å². The number of hydrogen-bond donors (Lipinski definition) is 0. The number of Topliss-reactive ketones (excluding diaryl/α,β-unsaturated/α-hetero) is 1. The van der Waals surface area contributed by atoms with Gasteiger partial charge in [0.25, 0.3) is 0 Å². The van der Waals surface area contributed by atoms with Crippen molar-refractivity contribution in [1.29, 1.82) is 0 Å². The van der Waals surface area contributed by atoms with Gasteiger partial charge >= 0.3 is 0 Å². The van der Waals surface area contributed by atoms with Crippen molar-refractivity contribution in [1.82, 2.24) is 0 Å². The number of ketones is 1. The fraction of sp³-hybridized carbons (Fsp3) is 0.545. The van der Waals surface area contributed by atoms with Crippen LogP contribution >= 0.6 is 0 Å². The zero-order valence-corrected chi connectivity index (χ0v) is 8.11. The van der Waals surface area contributed by atoms with E-state index < -0.39 is 0 Å². The molecule has 0 saturated carbocycles. The van der Waals surface area contributed by atoms with Crippen LogP contribution in [0.2, 0.25) is 0 Å². The van der Waals surface area contributed by atoms with E-state index in [1.54, 1.807) is 0 Å². The van der Waals surface area contributed by atoms with Crippen LogP contribution < -0.4 is 0 Å². The van der Waals surface area contributed by atoms with E-state index in [-0.39, 0.29) is 0 Å². The normalized spacial score (nSPS) is 21.2. The summed E-state index contributed by atoms with van der Waals surface area (Å²) in [7, 11) is 0. The number of allylic oxidation sites excluding steroid dienone is 4. The minimum atomic E-state index is 0.328. The zero-order valence-electron chi connectivity index (χ0n) is 8.11. The first-order valence-corrected chi connectivity index (χ1v) is 4.63. The maximum absolute atomic E-state index is 11.4. The van der Waals surface area contributed by atoms with Crippen LogP contribution in [0.15, 0.2) is 22.8 Å². The zero-order chi connectivity index (χ0) is 9.14. The molecule has 0 amide bonds. The third-order valence-electron chi connectivity index (χ3n) is 2.43. The monoisotopic (exact) mass is 164 g/mol. The predicted octanol–water partition coefficient (Wildman–Crippen LogP) is 3.02. The van der Waals surface area contributed by atoms with Crippen molar-refractivity contribution in [2.24, 2.45) is 0 Å². The van der Waals surface area contributed by atoms with E-state index in [9.17, 15) is 4.79 Å². The molecule has 0 aromatic carbocycles. The molecule has 0 fully saturated rings. The summed E-state index contributed by atoms with van der Waals surface area (Å²) in [5.74, 6) is 0.328. The lowest BCUT2D eigenvalue weighted by Gasteiger charge is -1.97. The quantitative estimate of drug-likeness (QED) is 0.613. The summed E-state index contributed by atoms with van der Waals surface area (Å²) >= 11 is 0. The molecule has 0 atom stereocenters. The van der Waals surface area contributed by atoms with Crippen molar-refractivity contribution in [3.8, 4) is 0 Å². The van der Waals surface area contributed by atoms with Crippen LogP contribution in [0.4, 0.5) is 0 Å². The molecule has 0 saturated heterocycles. The van der Waals surface area contributed by atoms with E-state index in [4.69, 9.17) is 0 Å². The van der Waals surface area contributed by atoms with Gasteiger partial charge in [-0.25, -0.2) is 0 Å². The highest BCUT2D eigenvalue weighted by molar-refractivity contribution is 6.02. The Balaban J connectivity index is 2.96. The Morgan fingerprint density at radius 3 is 2.50 bits per heavy atom. The van der Waals surface area contributed by atoms with E-state index >= 15 is 0 Å². The van der Waals surface area contributed by atoms with Crippen molar-refractivity contribution in [2.45, 2.75) is 40.0 Å². The molecule has 0 heterocycles. The van der Waals surface area contributed by atoms with Gasteiger partial charge in [0, 0.05) is 6.42 Å². The van der Waals surface area contributed by atoms with E-state index in [1.165, 1.54) is 11.1 Å². The molecule has 0 bridgehead atoms. The van der Waals surface area contributed by atoms with Crippen LogP contribution in [0.5, 0.6) is 0 Å². The Kier molecular flexibility index (Phi) is 2.85. The highest BCUT2D eigenvalue weighted by Gasteiger charge is 2.22. The van der Waals surface area contributed by atoms with Gasteiger partial charge in [-0.05, 0) is 36.5 Å². The lowest BCUT2D eigenvalue weighted by molar-refractivity contribution is -0.114. The number of hydrogen-bond acceptors (Lipinski definition) is 1. The molecule has 1 rings (SSSR count). The second-order valence-electron chi connectivity index (χ2n) is 3.19. The van der Waals surface area contributed by atoms with Crippen LogP contribution in [0.1, 0.15) is 40.0 Å². The fourth-order valence-electron chi connectivity index (χ4n) is 1.75. The van der Waals surface area contributed by atoms with Crippen LogP contribution in [-0.2, 0) is 4.79 Å². The average Bonchev–Trinajstić information content (AvgIpc) is 2.29. The maximum Gasteiger partial charge on any atom is 0.163 e. The largest absolute Gasteiger partial charge is 0.294 e. The summed E-state index contributed by atoms with van der Waals surface area (Å²) in [6.07, 6.45) is 4.71. The van der Waals surface area contributed by atoms with Gasteiger partial charge in [-0.3, -0.25) is 4.79 Å². The standard InChI is InChI=1S/C11H16O/c1-4-6-9-7-11(12)10(5-2)8(9)3/h6H,4-5,7H2,1-3H3/b9-6-. The van der Waals surface area contributed by atoms with E-state index in [0.29, 0.717) is 12.2 Å². The second-order valence-corrected chi connectivity index (χ2v) is 3.19. The van der Waals surface area contributed by atoms with Crippen molar-refractivity contribution in [3.05, 3.63) is 22.8 Å². The minimum Gasteiger partial charge on any atom is -0.294 e.